The van der Waals surface area contributed by atoms with E-state index in [4.69, 9.17) is 0 Å². The van der Waals surface area contributed by atoms with Crippen LogP contribution in [0.3, 0.4) is 0 Å². The van der Waals surface area contributed by atoms with Crippen molar-refractivity contribution in [2.75, 3.05) is 0 Å². The third-order valence-corrected chi connectivity index (χ3v) is 4.83. The molecule has 2 N–H and O–H groups in total. The van der Waals surface area contributed by atoms with Crippen LogP contribution in [0, 0.1) is 0 Å². The molecule has 0 spiro atoms. The smallest absolute Gasteiger partial charge is 0.352 e. The van der Waals surface area contributed by atoms with Gasteiger partial charge >= 0.3 is 6.18 Å². The van der Waals surface area contributed by atoms with Crippen molar-refractivity contribution in [1.82, 2.24) is 15.0 Å². The van der Waals surface area contributed by atoms with Crippen molar-refractivity contribution in [3.63, 3.8) is 0 Å². The Morgan fingerprint density at radius 1 is 1.41 bits per heavy atom. The van der Waals surface area contributed by atoms with Crippen molar-refractivity contribution in [3.8, 4) is 0 Å². The molecular weight excluding hydrogens is 323 g/mol. The lowest BCUT2D eigenvalue weighted by molar-refractivity contribution is -0.143. The van der Waals surface area contributed by atoms with Gasteiger partial charge < -0.3 is 5.32 Å². The molecule has 122 valence electrons. The summed E-state index contributed by atoms with van der Waals surface area (Å²) in [5.41, 5.74) is -1.46. The highest BCUT2D eigenvalue weighted by Gasteiger charge is 2.40. The minimum Gasteiger partial charge on any atom is -0.352 e. The molecule has 1 fully saturated rings. The van der Waals surface area contributed by atoms with Crippen LogP contribution in [-0.2, 0) is 21.0 Å². The normalized spacial score (nSPS) is 23.2. The Hall–Kier alpha value is -1.68. The van der Waals surface area contributed by atoms with Gasteiger partial charge in [0, 0.05) is 24.7 Å². The highest BCUT2D eigenvalue weighted by atomic mass is 32.2. The summed E-state index contributed by atoms with van der Waals surface area (Å²) in [4.78, 5) is 13.4. The first-order valence-corrected chi connectivity index (χ1v) is 7.93. The maximum atomic E-state index is 12.9. The van der Waals surface area contributed by atoms with E-state index in [2.05, 4.69) is 15.0 Å². The molecule has 0 aliphatic carbocycles. The Morgan fingerprint density at radius 3 is 2.68 bits per heavy atom. The van der Waals surface area contributed by atoms with Gasteiger partial charge in [-0.1, -0.05) is 0 Å². The average molecular weight is 337 g/mol. The number of nitrogens with zero attached hydrogens (tertiary/aromatic N) is 1. The molecule has 0 saturated carbocycles. The van der Waals surface area contributed by atoms with Gasteiger partial charge in [0.2, 0.25) is 15.9 Å². The zero-order chi connectivity index (χ0) is 16.5. The topological polar surface area (TPSA) is 88.2 Å². The van der Waals surface area contributed by atoms with Crippen molar-refractivity contribution in [3.05, 3.63) is 24.0 Å². The molecule has 1 aromatic heterocycles. The number of sulfonamides is 1. The molecule has 0 bridgehead atoms. The molecule has 1 aromatic rings. The molecule has 0 aromatic carbocycles. The third kappa shape index (κ3) is 3.55. The first-order chi connectivity index (χ1) is 10.1. The first kappa shape index (κ1) is 16.7. The van der Waals surface area contributed by atoms with Crippen molar-refractivity contribution >= 4 is 15.9 Å². The number of aromatic nitrogens is 1. The standard InChI is InChI=1S/C12H14F3N3O3S/c1-7-8(4-5-10(19)17-7)18-22(20,21)9-3-2-6-16-11(9)12(13,14)15/h2-3,6-8,18H,4-5H2,1H3,(H,17,19). The number of carbonyl (C=O) groups is 1. The molecule has 0 radical (unpaired) electrons. The van der Waals surface area contributed by atoms with Gasteiger partial charge in [-0.05, 0) is 25.5 Å². The Labute approximate surface area is 125 Å². The molecule has 2 heterocycles. The van der Waals surface area contributed by atoms with Gasteiger partial charge in [0.05, 0.1) is 0 Å². The zero-order valence-electron chi connectivity index (χ0n) is 11.5. The van der Waals surface area contributed by atoms with Crippen molar-refractivity contribution in [1.29, 1.82) is 0 Å². The van der Waals surface area contributed by atoms with E-state index in [1.165, 1.54) is 0 Å². The summed E-state index contributed by atoms with van der Waals surface area (Å²) in [7, 11) is -4.41. The Kier molecular flexibility index (Phi) is 4.43. The second-order valence-corrected chi connectivity index (χ2v) is 6.65. The minimum atomic E-state index is -4.88. The van der Waals surface area contributed by atoms with E-state index in [9.17, 15) is 26.4 Å². The molecule has 1 aliphatic rings. The summed E-state index contributed by atoms with van der Waals surface area (Å²) in [5, 5.41) is 2.54. The number of hydrogen-bond donors (Lipinski definition) is 2. The number of piperidine rings is 1. The molecule has 2 unspecified atom stereocenters. The minimum absolute atomic E-state index is 0.108. The molecule has 1 amide bonds. The van der Waals surface area contributed by atoms with Crippen LogP contribution in [0.2, 0.25) is 0 Å². The van der Waals surface area contributed by atoms with Gasteiger partial charge in [-0.2, -0.15) is 13.2 Å². The predicted molar refractivity (Wildman–Crippen MR) is 70.2 cm³/mol. The molecular formula is C12H14F3N3O3S. The summed E-state index contributed by atoms with van der Waals surface area (Å²) in [6.45, 7) is 1.58. The molecule has 1 saturated heterocycles. The summed E-state index contributed by atoms with van der Waals surface area (Å²) >= 11 is 0. The third-order valence-electron chi connectivity index (χ3n) is 3.31. The van der Waals surface area contributed by atoms with Crippen LogP contribution in [0.1, 0.15) is 25.5 Å². The molecule has 1 aliphatic heterocycles. The van der Waals surface area contributed by atoms with E-state index in [0.717, 1.165) is 18.3 Å². The Morgan fingerprint density at radius 2 is 2.09 bits per heavy atom. The van der Waals surface area contributed by atoms with Crippen LogP contribution < -0.4 is 10.0 Å². The van der Waals surface area contributed by atoms with Crippen LogP contribution in [0.25, 0.3) is 0 Å². The van der Waals surface area contributed by atoms with Crippen LogP contribution in [-0.4, -0.2) is 31.4 Å². The predicted octanol–water partition coefficient (Wildman–Crippen LogP) is 1.05. The number of amides is 1. The number of alkyl halides is 3. The zero-order valence-corrected chi connectivity index (χ0v) is 12.3. The van der Waals surface area contributed by atoms with Gasteiger partial charge in [-0.25, -0.2) is 13.1 Å². The molecule has 10 heteroatoms. The molecule has 2 rings (SSSR count). The van der Waals surface area contributed by atoms with E-state index in [-0.39, 0.29) is 18.7 Å². The Bertz CT molecular complexity index is 676. The van der Waals surface area contributed by atoms with Crippen molar-refractivity contribution in [2.24, 2.45) is 0 Å². The fraction of sp³-hybridized carbons (Fsp3) is 0.500. The fourth-order valence-corrected chi connectivity index (χ4v) is 3.74. The monoisotopic (exact) mass is 337 g/mol. The van der Waals surface area contributed by atoms with Gasteiger partial charge in [-0.15, -0.1) is 0 Å². The maximum absolute atomic E-state index is 12.9. The van der Waals surface area contributed by atoms with E-state index < -0.39 is 38.9 Å². The Balaban J connectivity index is 2.30. The van der Waals surface area contributed by atoms with E-state index in [0.29, 0.717) is 0 Å². The SMILES string of the molecule is CC1NC(=O)CCC1NS(=O)(=O)c1cccnc1C(F)(F)F. The molecule has 22 heavy (non-hydrogen) atoms. The lowest BCUT2D eigenvalue weighted by Crippen LogP contribution is -2.54. The largest absolute Gasteiger partial charge is 0.434 e. The second-order valence-electron chi connectivity index (χ2n) is 4.97. The quantitative estimate of drug-likeness (QED) is 0.863. The lowest BCUT2D eigenvalue weighted by Gasteiger charge is -2.30. The van der Waals surface area contributed by atoms with Gasteiger partial charge in [0.15, 0.2) is 5.69 Å². The van der Waals surface area contributed by atoms with E-state index in [1.54, 1.807) is 6.92 Å². The highest BCUT2D eigenvalue weighted by Crippen LogP contribution is 2.32. The molecule has 6 nitrogen and oxygen atoms in total. The number of hydrogen-bond acceptors (Lipinski definition) is 4. The van der Waals surface area contributed by atoms with Gasteiger partial charge in [0.1, 0.15) is 4.90 Å². The number of halogens is 3. The number of nitrogens with one attached hydrogen (secondary N) is 2. The van der Waals surface area contributed by atoms with Gasteiger partial charge in [-0.3, -0.25) is 9.78 Å². The summed E-state index contributed by atoms with van der Waals surface area (Å²) < 4.78 is 65.3. The summed E-state index contributed by atoms with van der Waals surface area (Å²) in [5.74, 6) is -0.222. The van der Waals surface area contributed by atoms with Gasteiger partial charge in [0.25, 0.3) is 0 Å². The van der Waals surface area contributed by atoms with Crippen LogP contribution >= 0.6 is 0 Å². The van der Waals surface area contributed by atoms with E-state index >= 15 is 0 Å². The van der Waals surface area contributed by atoms with Crippen molar-refractivity contribution in [2.45, 2.75) is 42.9 Å². The van der Waals surface area contributed by atoms with E-state index in [1.807, 2.05) is 0 Å². The van der Waals surface area contributed by atoms with Crippen LogP contribution in [0.15, 0.2) is 23.2 Å². The maximum Gasteiger partial charge on any atom is 0.434 e. The average Bonchev–Trinajstić information content (AvgIpc) is 2.41. The first-order valence-electron chi connectivity index (χ1n) is 6.45. The molecule has 2 atom stereocenters. The number of rotatable bonds is 3. The lowest BCUT2D eigenvalue weighted by atomic mass is 10.0. The summed E-state index contributed by atoms with van der Waals surface area (Å²) in [6.07, 6.45) is -3.67. The van der Waals surface area contributed by atoms with Crippen molar-refractivity contribution < 1.29 is 26.4 Å². The summed E-state index contributed by atoms with van der Waals surface area (Å²) in [6, 6.07) is 0.783. The highest BCUT2D eigenvalue weighted by molar-refractivity contribution is 7.89. The fourth-order valence-electron chi connectivity index (χ4n) is 2.21. The van der Waals surface area contributed by atoms with Crippen LogP contribution in [0.4, 0.5) is 13.2 Å². The van der Waals surface area contributed by atoms with Crippen LogP contribution in [0.5, 0.6) is 0 Å². The number of pyridine rings is 1. The second kappa shape index (κ2) is 5.84. The number of carbonyl (C=O) groups excluding carboxylic acids is 1.